The molecule has 0 spiro atoms. The minimum atomic E-state index is 0. The van der Waals surface area contributed by atoms with Crippen molar-refractivity contribution in [3.8, 4) is 0 Å². The zero-order valence-electron chi connectivity index (χ0n) is 5.38. The summed E-state index contributed by atoms with van der Waals surface area (Å²) in [5, 5.41) is 0. The molecular formula is C5H12Cl2Sn. The van der Waals surface area contributed by atoms with Gasteiger partial charge < -0.3 is 24.8 Å². The Balaban J connectivity index is -0.000000125. The molecular weight excluding hydrogens is 250 g/mol. The molecule has 0 aliphatic rings. The Labute approximate surface area is 74.9 Å². The van der Waals surface area contributed by atoms with Gasteiger partial charge in [-0.05, 0) is 0 Å². The van der Waals surface area contributed by atoms with E-state index < -0.39 is 0 Å². The summed E-state index contributed by atoms with van der Waals surface area (Å²) in [6.07, 6.45) is 2.89. The van der Waals surface area contributed by atoms with Crippen LogP contribution in [0.4, 0.5) is 0 Å². The molecule has 0 amide bonds. The molecule has 0 saturated carbocycles. The quantitative estimate of drug-likeness (QED) is 0.359. The first kappa shape index (κ1) is 16.2. The first-order valence-electron chi connectivity index (χ1n) is 2.56. The molecule has 0 heterocycles. The van der Waals surface area contributed by atoms with E-state index >= 15 is 0 Å². The molecule has 0 atom stereocenters. The van der Waals surface area contributed by atoms with Gasteiger partial charge in [-0.2, -0.15) is 0 Å². The maximum Gasteiger partial charge on any atom is -1.00 e. The zero-order valence-corrected chi connectivity index (χ0v) is 9.74. The Morgan fingerprint density at radius 1 is 1.25 bits per heavy atom. The van der Waals surface area contributed by atoms with Crippen LogP contribution in [0.2, 0.25) is 9.38 Å². The number of hydrogen-bond acceptors (Lipinski definition) is 0. The van der Waals surface area contributed by atoms with E-state index in [4.69, 9.17) is 0 Å². The van der Waals surface area contributed by atoms with Crippen molar-refractivity contribution in [3.63, 3.8) is 0 Å². The molecule has 0 aliphatic carbocycles. The van der Waals surface area contributed by atoms with Gasteiger partial charge in [0.2, 0.25) is 0 Å². The average Bonchev–Trinajstić information content (AvgIpc) is 1.61. The van der Waals surface area contributed by atoms with Crippen molar-refractivity contribution in [2.24, 2.45) is 0 Å². The van der Waals surface area contributed by atoms with Crippen LogP contribution in [0.1, 0.15) is 19.8 Å². The normalized spacial score (nSPS) is 5.75. The molecule has 0 N–H and O–H groups in total. The molecule has 0 fully saturated rings. The van der Waals surface area contributed by atoms with Gasteiger partial charge in [0.05, 0.1) is 0 Å². The van der Waals surface area contributed by atoms with E-state index in [2.05, 4.69) is 11.9 Å². The van der Waals surface area contributed by atoms with Crippen molar-refractivity contribution >= 4 is 21.1 Å². The molecule has 50 valence electrons. The van der Waals surface area contributed by atoms with E-state index in [1.165, 1.54) is 12.8 Å². The number of hydrogen-bond donors (Lipinski definition) is 0. The van der Waals surface area contributed by atoms with Crippen LogP contribution in [-0.2, 0) is 0 Å². The van der Waals surface area contributed by atoms with Crippen LogP contribution in [0, 0.1) is 0 Å². The first-order chi connectivity index (χ1) is 2.91. The minimum absolute atomic E-state index is 0. The van der Waals surface area contributed by atoms with Crippen molar-refractivity contribution < 1.29 is 24.8 Å². The van der Waals surface area contributed by atoms with Crippen LogP contribution in [0.25, 0.3) is 0 Å². The number of unbranched alkanes of at least 4 members (excludes halogenated alkanes) is 1. The summed E-state index contributed by atoms with van der Waals surface area (Å²) in [6.45, 7) is 2.26. The van der Waals surface area contributed by atoms with E-state index in [1.807, 2.05) is 0 Å². The van der Waals surface area contributed by atoms with Crippen molar-refractivity contribution in [1.82, 2.24) is 0 Å². The summed E-state index contributed by atoms with van der Waals surface area (Å²) < 4.78 is 1.58. The molecule has 0 nitrogen and oxygen atoms in total. The maximum absolute atomic E-state index is 2.40. The van der Waals surface area contributed by atoms with Crippen LogP contribution in [-0.4, -0.2) is 21.1 Å². The summed E-state index contributed by atoms with van der Waals surface area (Å²) in [4.78, 5) is 2.40. The summed E-state index contributed by atoms with van der Waals surface area (Å²) >= 11 is 0.190. The third-order valence-corrected chi connectivity index (χ3v) is 3.22. The fourth-order valence-electron chi connectivity index (χ4n) is 0.354. The molecule has 0 aromatic heterocycles. The zero-order chi connectivity index (χ0) is 4.83. The summed E-state index contributed by atoms with van der Waals surface area (Å²) in [5.41, 5.74) is 0. The first-order valence-corrected chi connectivity index (χ1v) is 7.43. The van der Waals surface area contributed by atoms with Gasteiger partial charge in [0.15, 0.2) is 0 Å². The van der Waals surface area contributed by atoms with E-state index in [1.54, 1.807) is 4.44 Å². The smallest absolute Gasteiger partial charge is 1.00 e. The van der Waals surface area contributed by atoms with Gasteiger partial charge in [-0.15, -0.1) is 0 Å². The van der Waals surface area contributed by atoms with E-state index in [-0.39, 0.29) is 46.0 Å². The SMILES string of the molecule is CCC[CH2][Sn+2][CH3].[Cl-].[Cl-]. The number of halogens is 2. The van der Waals surface area contributed by atoms with Crippen molar-refractivity contribution in [2.75, 3.05) is 0 Å². The molecule has 0 rings (SSSR count). The largest absolute Gasteiger partial charge is 1.00 e. The van der Waals surface area contributed by atoms with Gasteiger partial charge in [0, 0.05) is 0 Å². The maximum atomic E-state index is 2.40. The van der Waals surface area contributed by atoms with Crippen LogP contribution in [0.15, 0.2) is 0 Å². The molecule has 0 unspecified atom stereocenters. The summed E-state index contributed by atoms with van der Waals surface area (Å²) in [6, 6.07) is 0. The van der Waals surface area contributed by atoms with Gasteiger partial charge in [-0.3, -0.25) is 0 Å². The second-order valence-corrected chi connectivity index (χ2v) is 4.90. The van der Waals surface area contributed by atoms with Crippen LogP contribution in [0.3, 0.4) is 0 Å². The Bertz CT molecular complexity index is 22.4. The topological polar surface area (TPSA) is 0 Å². The van der Waals surface area contributed by atoms with E-state index in [0.717, 1.165) is 0 Å². The van der Waals surface area contributed by atoms with Gasteiger partial charge in [-0.1, -0.05) is 0 Å². The van der Waals surface area contributed by atoms with Gasteiger partial charge in [-0.25, -0.2) is 0 Å². The second kappa shape index (κ2) is 15.8. The fraction of sp³-hybridized carbons (Fsp3) is 1.00. The monoisotopic (exact) mass is 262 g/mol. The summed E-state index contributed by atoms with van der Waals surface area (Å²) in [7, 11) is 0. The standard InChI is InChI=1S/C4H9.CH3.2ClH.Sn/c1-3-4-2;;;;/h1,3-4H2,2H3;1H3;2*1H;/q;;;;+2/p-2. The molecule has 3 heteroatoms. The Kier molecular flexibility index (Phi) is 31.9. The Hall–Kier alpha value is 1.38. The predicted octanol–water partition coefficient (Wildman–Crippen LogP) is -4.03. The van der Waals surface area contributed by atoms with E-state index in [0.29, 0.717) is 0 Å². The van der Waals surface area contributed by atoms with Crippen molar-refractivity contribution in [2.45, 2.75) is 29.1 Å². The van der Waals surface area contributed by atoms with Crippen LogP contribution < -0.4 is 24.8 Å². The molecule has 0 aromatic carbocycles. The average molecular weight is 262 g/mol. The molecule has 0 radical (unpaired) electrons. The Morgan fingerprint density at radius 2 is 1.75 bits per heavy atom. The van der Waals surface area contributed by atoms with E-state index in [9.17, 15) is 0 Å². The molecule has 8 heavy (non-hydrogen) atoms. The summed E-state index contributed by atoms with van der Waals surface area (Å²) in [5.74, 6) is 0. The molecule has 0 aromatic rings. The van der Waals surface area contributed by atoms with Gasteiger partial charge >= 0.3 is 50.3 Å². The second-order valence-electron chi connectivity index (χ2n) is 1.46. The van der Waals surface area contributed by atoms with Crippen LogP contribution in [0.5, 0.6) is 0 Å². The third kappa shape index (κ3) is 15.7. The predicted molar refractivity (Wildman–Crippen MR) is 31.3 cm³/mol. The number of rotatable bonds is 3. The molecule has 0 bridgehead atoms. The molecule has 0 saturated heterocycles. The van der Waals surface area contributed by atoms with Crippen molar-refractivity contribution in [1.29, 1.82) is 0 Å². The van der Waals surface area contributed by atoms with Gasteiger partial charge in [0.25, 0.3) is 0 Å². The van der Waals surface area contributed by atoms with Crippen molar-refractivity contribution in [3.05, 3.63) is 0 Å². The van der Waals surface area contributed by atoms with Crippen LogP contribution >= 0.6 is 0 Å². The minimum Gasteiger partial charge on any atom is -1.00 e. The molecule has 0 aliphatic heterocycles. The Morgan fingerprint density at radius 3 is 1.88 bits per heavy atom. The van der Waals surface area contributed by atoms with Gasteiger partial charge in [0.1, 0.15) is 0 Å². The third-order valence-electron chi connectivity index (χ3n) is 0.780. The fourth-order valence-corrected chi connectivity index (χ4v) is 2.37.